The number of hydrogen-bond acceptors (Lipinski definition) is 1. The first-order valence-electron chi connectivity index (χ1n) is 8.98. The molecule has 0 bridgehead atoms. The molecule has 0 spiro atoms. The summed E-state index contributed by atoms with van der Waals surface area (Å²) in [5.74, 6) is 0.423. The Balaban J connectivity index is 1.74. The van der Waals surface area contributed by atoms with Crippen LogP contribution in [0.5, 0.6) is 0 Å². The fourth-order valence-electron chi connectivity index (χ4n) is 4.97. The molecule has 3 aromatic rings. The van der Waals surface area contributed by atoms with Crippen LogP contribution in [0.15, 0.2) is 66.7 Å². The van der Waals surface area contributed by atoms with Gasteiger partial charge in [-0.1, -0.05) is 66.5 Å². The van der Waals surface area contributed by atoms with Crippen molar-refractivity contribution < 1.29 is 0 Å². The zero-order valence-corrected chi connectivity index (χ0v) is 16.0. The molecule has 0 radical (unpaired) electrons. The number of halogens is 2. The van der Waals surface area contributed by atoms with Crippen molar-refractivity contribution in [2.75, 3.05) is 5.32 Å². The standard InChI is InChI=1S/C23H19Cl2N/c1-23-18-5-3-2-4-15(18)12-20(23)22(14-6-8-16(24)9-7-14)26-21-11-10-17(25)13-19(21)23/h2-11,13,20,22,26H,12H2,1H3/t20-,22+,23+/m1/s1. The van der Waals surface area contributed by atoms with Crippen molar-refractivity contribution in [3.8, 4) is 0 Å². The summed E-state index contributed by atoms with van der Waals surface area (Å²) in [6, 6.07) is 23.5. The average molecular weight is 380 g/mol. The van der Waals surface area contributed by atoms with Gasteiger partial charge in [-0.2, -0.15) is 0 Å². The molecule has 1 aliphatic heterocycles. The average Bonchev–Trinajstić information content (AvgIpc) is 2.96. The topological polar surface area (TPSA) is 12.0 Å². The Morgan fingerprint density at radius 2 is 1.62 bits per heavy atom. The highest BCUT2D eigenvalue weighted by Crippen LogP contribution is 2.57. The monoisotopic (exact) mass is 379 g/mol. The number of benzene rings is 3. The van der Waals surface area contributed by atoms with Crippen molar-refractivity contribution in [3.05, 3.63) is 99.0 Å². The van der Waals surface area contributed by atoms with E-state index in [0.29, 0.717) is 5.92 Å². The molecule has 5 rings (SSSR count). The number of hydrogen-bond donors (Lipinski definition) is 1. The fraction of sp³-hybridized carbons (Fsp3) is 0.217. The van der Waals surface area contributed by atoms with E-state index in [2.05, 4.69) is 60.8 Å². The highest BCUT2D eigenvalue weighted by atomic mass is 35.5. The third kappa shape index (κ3) is 2.24. The number of anilines is 1. The molecule has 26 heavy (non-hydrogen) atoms. The van der Waals surface area contributed by atoms with Crippen molar-refractivity contribution in [1.82, 2.24) is 0 Å². The molecular formula is C23H19Cl2N. The van der Waals surface area contributed by atoms with Gasteiger partial charge in [0.15, 0.2) is 0 Å². The molecule has 3 aromatic carbocycles. The Morgan fingerprint density at radius 3 is 2.42 bits per heavy atom. The number of nitrogens with one attached hydrogen (secondary N) is 1. The van der Waals surface area contributed by atoms with Gasteiger partial charge in [0.25, 0.3) is 0 Å². The highest BCUT2D eigenvalue weighted by Gasteiger charge is 2.51. The number of rotatable bonds is 1. The summed E-state index contributed by atoms with van der Waals surface area (Å²) in [5.41, 5.74) is 6.54. The lowest BCUT2D eigenvalue weighted by Crippen LogP contribution is -2.41. The quantitative estimate of drug-likeness (QED) is 0.499. The minimum Gasteiger partial charge on any atom is -0.378 e. The van der Waals surface area contributed by atoms with E-state index >= 15 is 0 Å². The van der Waals surface area contributed by atoms with Crippen LogP contribution in [-0.4, -0.2) is 0 Å². The van der Waals surface area contributed by atoms with Crippen LogP contribution < -0.4 is 5.32 Å². The SMILES string of the molecule is C[C@@]12c3ccccc3C[C@@H]1[C@H](c1ccc(Cl)cc1)Nc1ccc(Cl)cc12. The van der Waals surface area contributed by atoms with Crippen molar-refractivity contribution >= 4 is 28.9 Å². The molecule has 0 unspecified atom stereocenters. The second kappa shape index (κ2) is 5.77. The Labute approximate surface area is 164 Å². The van der Waals surface area contributed by atoms with Gasteiger partial charge in [-0.05, 0) is 59.0 Å². The molecule has 1 N–H and O–H groups in total. The van der Waals surface area contributed by atoms with Crippen molar-refractivity contribution in [1.29, 1.82) is 0 Å². The summed E-state index contributed by atoms with van der Waals surface area (Å²) >= 11 is 12.5. The third-order valence-electron chi connectivity index (χ3n) is 6.24. The Bertz CT molecular complexity index is 995. The molecule has 1 nitrogen and oxygen atoms in total. The summed E-state index contributed by atoms with van der Waals surface area (Å²) in [7, 11) is 0. The van der Waals surface area contributed by atoms with Crippen LogP contribution in [0.25, 0.3) is 0 Å². The van der Waals surface area contributed by atoms with Crippen LogP contribution in [0.4, 0.5) is 5.69 Å². The first-order chi connectivity index (χ1) is 12.6. The van der Waals surface area contributed by atoms with Crippen molar-refractivity contribution in [3.63, 3.8) is 0 Å². The van der Waals surface area contributed by atoms with E-state index in [9.17, 15) is 0 Å². The summed E-state index contributed by atoms with van der Waals surface area (Å²) in [5, 5.41) is 5.35. The van der Waals surface area contributed by atoms with Gasteiger partial charge in [-0.3, -0.25) is 0 Å². The van der Waals surface area contributed by atoms with Gasteiger partial charge in [0.05, 0.1) is 6.04 Å². The largest absolute Gasteiger partial charge is 0.378 e. The van der Waals surface area contributed by atoms with E-state index in [0.717, 1.165) is 16.5 Å². The van der Waals surface area contributed by atoms with Gasteiger partial charge in [-0.25, -0.2) is 0 Å². The Kier molecular flexibility index (Phi) is 3.60. The highest BCUT2D eigenvalue weighted by molar-refractivity contribution is 6.31. The van der Waals surface area contributed by atoms with Crippen LogP contribution >= 0.6 is 23.2 Å². The van der Waals surface area contributed by atoms with Gasteiger partial charge in [0.2, 0.25) is 0 Å². The molecule has 0 amide bonds. The van der Waals surface area contributed by atoms with Gasteiger partial charge in [0, 0.05) is 27.1 Å². The summed E-state index contributed by atoms with van der Waals surface area (Å²) < 4.78 is 0. The molecule has 1 heterocycles. The third-order valence-corrected chi connectivity index (χ3v) is 6.73. The first kappa shape index (κ1) is 16.2. The van der Waals surface area contributed by atoms with Gasteiger partial charge < -0.3 is 5.32 Å². The maximum absolute atomic E-state index is 6.38. The minimum atomic E-state index is -0.0631. The van der Waals surface area contributed by atoms with Gasteiger partial charge in [-0.15, -0.1) is 0 Å². The van der Waals surface area contributed by atoms with Crippen LogP contribution in [0.2, 0.25) is 10.0 Å². The maximum Gasteiger partial charge on any atom is 0.0556 e. The maximum atomic E-state index is 6.38. The van der Waals surface area contributed by atoms with Crippen molar-refractivity contribution in [2.24, 2.45) is 5.92 Å². The van der Waals surface area contributed by atoms with Crippen LogP contribution in [0, 0.1) is 5.92 Å². The fourth-order valence-corrected chi connectivity index (χ4v) is 5.27. The molecule has 3 heteroatoms. The predicted octanol–water partition coefficient (Wildman–Crippen LogP) is 6.64. The summed E-state index contributed by atoms with van der Waals surface area (Å²) in [6.45, 7) is 2.38. The van der Waals surface area contributed by atoms with E-state index in [1.54, 1.807) is 0 Å². The van der Waals surface area contributed by atoms with Crippen molar-refractivity contribution in [2.45, 2.75) is 24.8 Å². The summed E-state index contributed by atoms with van der Waals surface area (Å²) in [6.07, 6.45) is 1.05. The lowest BCUT2D eigenvalue weighted by molar-refractivity contribution is 0.319. The molecule has 0 fully saturated rings. The van der Waals surface area contributed by atoms with E-state index in [-0.39, 0.29) is 11.5 Å². The number of fused-ring (bicyclic) bond motifs is 5. The molecular weight excluding hydrogens is 361 g/mol. The predicted molar refractivity (Wildman–Crippen MR) is 109 cm³/mol. The van der Waals surface area contributed by atoms with Gasteiger partial charge >= 0.3 is 0 Å². The lowest BCUT2D eigenvalue weighted by atomic mass is 9.64. The zero-order valence-electron chi connectivity index (χ0n) is 14.5. The van der Waals surface area contributed by atoms with E-state index < -0.39 is 0 Å². The second-order valence-electron chi connectivity index (χ2n) is 7.53. The van der Waals surface area contributed by atoms with Gasteiger partial charge in [0.1, 0.15) is 0 Å². The van der Waals surface area contributed by atoms with E-state index in [1.807, 2.05) is 18.2 Å². The molecule has 0 aromatic heterocycles. The van der Waals surface area contributed by atoms with Crippen LogP contribution in [0.3, 0.4) is 0 Å². The zero-order chi connectivity index (χ0) is 17.9. The molecule has 1 aliphatic carbocycles. The van der Waals surface area contributed by atoms with Crippen LogP contribution in [-0.2, 0) is 11.8 Å². The smallest absolute Gasteiger partial charge is 0.0556 e. The molecule has 2 aliphatic rings. The molecule has 0 saturated carbocycles. The molecule has 130 valence electrons. The lowest BCUT2D eigenvalue weighted by Gasteiger charge is -2.45. The Hall–Kier alpha value is -1.96. The van der Waals surface area contributed by atoms with E-state index in [1.165, 1.54) is 27.9 Å². The first-order valence-corrected chi connectivity index (χ1v) is 9.73. The Morgan fingerprint density at radius 1 is 0.885 bits per heavy atom. The summed E-state index contributed by atoms with van der Waals surface area (Å²) in [4.78, 5) is 0. The normalized spacial score (nSPS) is 25.8. The van der Waals surface area contributed by atoms with E-state index in [4.69, 9.17) is 23.2 Å². The van der Waals surface area contributed by atoms with Crippen LogP contribution in [0.1, 0.15) is 35.2 Å². The second-order valence-corrected chi connectivity index (χ2v) is 8.41. The minimum absolute atomic E-state index is 0.0631. The molecule has 0 saturated heterocycles. The molecule has 3 atom stereocenters.